The molecule has 6 heteroatoms. The van der Waals surface area contributed by atoms with Crippen LogP contribution in [0.3, 0.4) is 0 Å². The molecular formula is C27H29FN4O. The van der Waals surface area contributed by atoms with E-state index in [1.165, 1.54) is 12.1 Å². The SMILES string of the molecule is Cc1cn(-c2ccc(/C=C3\CCCN(C4CCN(c5ccc(F)cc5)C4)C3=O)cc2C)cn1. The summed E-state index contributed by atoms with van der Waals surface area (Å²) >= 11 is 0. The van der Waals surface area contributed by atoms with Crippen molar-refractivity contribution in [1.82, 2.24) is 14.5 Å². The topological polar surface area (TPSA) is 41.4 Å². The van der Waals surface area contributed by atoms with Crippen molar-refractivity contribution < 1.29 is 9.18 Å². The summed E-state index contributed by atoms with van der Waals surface area (Å²) in [6, 6.07) is 13.1. The second kappa shape index (κ2) is 8.85. The molecule has 0 N–H and O–H groups in total. The summed E-state index contributed by atoms with van der Waals surface area (Å²) in [5.41, 5.74) is 6.18. The van der Waals surface area contributed by atoms with E-state index in [9.17, 15) is 9.18 Å². The van der Waals surface area contributed by atoms with Gasteiger partial charge >= 0.3 is 0 Å². The number of likely N-dealkylation sites (tertiary alicyclic amines) is 1. The fourth-order valence-electron chi connectivity index (χ4n) is 5.01. The molecule has 0 bridgehead atoms. The van der Waals surface area contributed by atoms with Crippen molar-refractivity contribution in [2.75, 3.05) is 24.5 Å². The number of rotatable bonds is 4. The molecule has 5 rings (SSSR count). The van der Waals surface area contributed by atoms with Crippen LogP contribution >= 0.6 is 0 Å². The molecule has 0 saturated carbocycles. The van der Waals surface area contributed by atoms with E-state index < -0.39 is 0 Å². The van der Waals surface area contributed by atoms with E-state index in [2.05, 4.69) is 41.1 Å². The number of aryl methyl sites for hydroxylation is 2. The zero-order valence-corrected chi connectivity index (χ0v) is 19.2. The van der Waals surface area contributed by atoms with Gasteiger partial charge in [0.2, 0.25) is 5.91 Å². The molecule has 1 aromatic heterocycles. The summed E-state index contributed by atoms with van der Waals surface area (Å²) in [5, 5.41) is 0. The average Bonchev–Trinajstić information content (AvgIpc) is 3.45. The van der Waals surface area contributed by atoms with Gasteiger partial charge in [-0.3, -0.25) is 4.79 Å². The lowest BCUT2D eigenvalue weighted by molar-refractivity contribution is -0.130. The first-order chi connectivity index (χ1) is 16.0. The number of benzene rings is 2. The first kappa shape index (κ1) is 21.4. The Morgan fingerprint density at radius 2 is 1.91 bits per heavy atom. The molecule has 170 valence electrons. The molecule has 5 nitrogen and oxygen atoms in total. The predicted molar refractivity (Wildman–Crippen MR) is 129 cm³/mol. The number of nitrogens with zero attached hydrogens (tertiary/aromatic N) is 4. The van der Waals surface area contributed by atoms with E-state index in [1.807, 2.05) is 41.0 Å². The van der Waals surface area contributed by atoms with Crippen LogP contribution in [-0.2, 0) is 4.79 Å². The summed E-state index contributed by atoms with van der Waals surface area (Å²) in [4.78, 5) is 22.0. The summed E-state index contributed by atoms with van der Waals surface area (Å²) in [6.45, 7) is 6.55. The number of carbonyl (C=O) groups excluding carboxylic acids is 1. The number of carbonyl (C=O) groups is 1. The Balaban J connectivity index is 1.31. The molecule has 0 radical (unpaired) electrons. The van der Waals surface area contributed by atoms with Gasteiger partial charge in [0.05, 0.1) is 18.1 Å². The summed E-state index contributed by atoms with van der Waals surface area (Å²) < 4.78 is 15.3. The standard InChI is InChI=1S/C27H29FN4O/c1-19-14-21(5-10-26(19)31-16-20(2)29-18-31)15-22-4-3-12-32(27(22)33)25-11-13-30(17-25)24-8-6-23(28)7-9-24/h5-10,14-16,18,25H,3-4,11-13,17H2,1-2H3/b22-15+. The number of halogens is 1. The third-order valence-electron chi connectivity index (χ3n) is 6.73. The average molecular weight is 445 g/mol. The minimum atomic E-state index is -0.223. The number of hydrogen-bond donors (Lipinski definition) is 0. The van der Waals surface area contributed by atoms with Crippen molar-refractivity contribution in [3.05, 3.63) is 83.2 Å². The van der Waals surface area contributed by atoms with Gasteiger partial charge in [0.25, 0.3) is 0 Å². The number of hydrogen-bond acceptors (Lipinski definition) is 3. The maximum absolute atomic E-state index is 13.4. The second-order valence-electron chi connectivity index (χ2n) is 9.10. The number of anilines is 1. The predicted octanol–water partition coefficient (Wildman–Crippen LogP) is 4.91. The van der Waals surface area contributed by atoms with Crippen LogP contribution < -0.4 is 4.90 Å². The molecule has 0 aliphatic carbocycles. The second-order valence-corrected chi connectivity index (χ2v) is 9.10. The minimum Gasteiger partial charge on any atom is -0.369 e. The lowest BCUT2D eigenvalue weighted by Crippen LogP contribution is -2.45. The number of amides is 1. The van der Waals surface area contributed by atoms with Gasteiger partial charge in [0.15, 0.2) is 0 Å². The van der Waals surface area contributed by atoms with Crippen molar-refractivity contribution >= 4 is 17.7 Å². The number of imidazole rings is 1. The monoisotopic (exact) mass is 444 g/mol. The Morgan fingerprint density at radius 3 is 2.64 bits per heavy atom. The Morgan fingerprint density at radius 1 is 1.09 bits per heavy atom. The van der Waals surface area contributed by atoms with Gasteiger partial charge < -0.3 is 14.4 Å². The molecule has 2 fully saturated rings. The maximum atomic E-state index is 13.4. The lowest BCUT2D eigenvalue weighted by atomic mass is 9.98. The fraction of sp³-hybridized carbons (Fsp3) is 0.333. The fourth-order valence-corrected chi connectivity index (χ4v) is 5.01. The third-order valence-corrected chi connectivity index (χ3v) is 6.73. The van der Waals surface area contributed by atoms with E-state index in [0.29, 0.717) is 0 Å². The zero-order valence-electron chi connectivity index (χ0n) is 19.2. The van der Waals surface area contributed by atoms with Crippen molar-refractivity contribution in [1.29, 1.82) is 0 Å². The van der Waals surface area contributed by atoms with Crippen molar-refractivity contribution in [2.45, 2.75) is 39.2 Å². The summed E-state index contributed by atoms with van der Waals surface area (Å²) in [6.07, 6.45) is 8.63. The molecule has 33 heavy (non-hydrogen) atoms. The molecule has 3 heterocycles. The smallest absolute Gasteiger partial charge is 0.250 e. The van der Waals surface area contributed by atoms with E-state index >= 15 is 0 Å². The highest BCUT2D eigenvalue weighted by atomic mass is 19.1. The van der Waals surface area contributed by atoms with Gasteiger partial charge in [0.1, 0.15) is 5.82 Å². The third kappa shape index (κ3) is 4.42. The van der Waals surface area contributed by atoms with Crippen LogP contribution in [0.5, 0.6) is 0 Å². The van der Waals surface area contributed by atoms with Crippen LogP contribution in [0.1, 0.15) is 36.1 Å². The molecular weight excluding hydrogens is 415 g/mol. The molecule has 1 atom stereocenters. The van der Waals surface area contributed by atoms with Crippen LogP contribution in [0.4, 0.5) is 10.1 Å². The Bertz CT molecular complexity index is 1200. The molecule has 2 aliphatic heterocycles. The molecule has 1 unspecified atom stereocenters. The molecule has 1 amide bonds. The van der Waals surface area contributed by atoms with Crippen LogP contribution in [0.15, 0.2) is 60.6 Å². The Hall–Kier alpha value is -3.41. The quantitative estimate of drug-likeness (QED) is 0.537. The van der Waals surface area contributed by atoms with Crippen LogP contribution in [0.25, 0.3) is 11.8 Å². The van der Waals surface area contributed by atoms with E-state index in [4.69, 9.17) is 0 Å². The molecule has 2 saturated heterocycles. The highest BCUT2D eigenvalue weighted by Gasteiger charge is 2.34. The van der Waals surface area contributed by atoms with Gasteiger partial charge in [-0.25, -0.2) is 9.37 Å². The van der Waals surface area contributed by atoms with E-state index in [1.54, 1.807) is 0 Å². The van der Waals surface area contributed by atoms with Gasteiger partial charge in [-0.2, -0.15) is 0 Å². The molecule has 0 spiro atoms. The van der Waals surface area contributed by atoms with Gasteiger partial charge in [-0.1, -0.05) is 6.07 Å². The molecule has 2 aliphatic rings. The number of piperidine rings is 1. The first-order valence-corrected chi connectivity index (χ1v) is 11.6. The van der Waals surface area contributed by atoms with Gasteiger partial charge in [0, 0.05) is 42.8 Å². The molecule has 3 aromatic rings. The number of aromatic nitrogens is 2. The van der Waals surface area contributed by atoms with Crippen molar-refractivity contribution in [3.8, 4) is 5.69 Å². The lowest BCUT2D eigenvalue weighted by Gasteiger charge is -2.34. The summed E-state index contributed by atoms with van der Waals surface area (Å²) in [5.74, 6) is -0.0712. The maximum Gasteiger partial charge on any atom is 0.250 e. The van der Waals surface area contributed by atoms with E-state index in [0.717, 1.165) is 72.7 Å². The normalized spacial score (nSPS) is 20.2. The zero-order chi connectivity index (χ0) is 22.9. The van der Waals surface area contributed by atoms with Crippen molar-refractivity contribution in [3.63, 3.8) is 0 Å². The largest absolute Gasteiger partial charge is 0.369 e. The van der Waals surface area contributed by atoms with Gasteiger partial charge in [-0.05, 0) is 86.7 Å². The highest BCUT2D eigenvalue weighted by molar-refractivity contribution is 5.98. The summed E-state index contributed by atoms with van der Waals surface area (Å²) in [7, 11) is 0. The van der Waals surface area contributed by atoms with Gasteiger partial charge in [-0.15, -0.1) is 0 Å². The minimum absolute atomic E-state index is 0.152. The highest BCUT2D eigenvalue weighted by Crippen LogP contribution is 2.29. The first-order valence-electron chi connectivity index (χ1n) is 11.6. The van der Waals surface area contributed by atoms with Crippen molar-refractivity contribution in [2.24, 2.45) is 0 Å². The Kier molecular flexibility index (Phi) is 5.75. The Labute approximate surface area is 194 Å². The molecule has 2 aromatic carbocycles. The van der Waals surface area contributed by atoms with E-state index in [-0.39, 0.29) is 17.8 Å². The van der Waals surface area contributed by atoms with Crippen LogP contribution in [0.2, 0.25) is 0 Å². The van der Waals surface area contributed by atoms with Crippen LogP contribution in [-0.4, -0.2) is 46.0 Å². The van der Waals surface area contributed by atoms with Crippen LogP contribution in [0, 0.1) is 19.7 Å².